The van der Waals surface area contributed by atoms with Crippen LogP contribution in [0.1, 0.15) is 19.3 Å². The Morgan fingerprint density at radius 1 is 1.33 bits per heavy atom. The van der Waals surface area contributed by atoms with Crippen molar-refractivity contribution >= 4 is 25.3 Å². The number of hydrogen-bond acceptors (Lipinski definition) is 1. The standard InChI is InChI=1S/C9H19NSSi/c1-12(2,3)8-10-7-5-4-6-9(10)11/h4-8H2,1-3H3. The van der Waals surface area contributed by atoms with E-state index in [0.717, 1.165) is 6.42 Å². The van der Waals surface area contributed by atoms with Crippen LogP contribution in [0, 0.1) is 0 Å². The second-order valence-corrected chi connectivity index (χ2v) is 10.7. The van der Waals surface area contributed by atoms with Crippen LogP contribution in [0.2, 0.25) is 19.6 Å². The van der Waals surface area contributed by atoms with Gasteiger partial charge in [0, 0.05) is 12.7 Å². The maximum atomic E-state index is 5.34. The van der Waals surface area contributed by atoms with E-state index < -0.39 is 8.07 Å². The average Bonchev–Trinajstić information content (AvgIpc) is 1.91. The number of piperidine rings is 1. The van der Waals surface area contributed by atoms with Crippen LogP contribution >= 0.6 is 12.2 Å². The van der Waals surface area contributed by atoms with Gasteiger partial charge in [-0.25, -0.2) is 0 Å². The summed E-state index contributed by atoms with van der Waals surface area (Å²) in [4.78, 5) is 3.65. The third-order valence-corrected chi connectivity index (χ3v) is 3.88. The SMILES string of the molecule is C[Si](C)(C)CN1CCCCC1=S. The molecule has 0 aromatic rings. The van der Waals surface area contributed by atoms with Crippen LogP contribution < -0.4 is 0 Å². The molecule has 3 heteroatoms. The highest BCUT2D eigenvalue weighted by Crippen LogP contribution is 2.14. The van der Waals surface area contributed by atoms with E-state index >= 15 is 0 Å². The molecule has 0 saturated carbocycles. The minimum Gasteiger partial charge on any atom is -0.369 e. The third-order valence-electron chi connectivity index (χ3n) is 2.09. The van der Waals surface area contributed by atoms with Crippen LogP contribution in [-0.4, -0.2) is 30.7 Å². The summed E-state index contributed by atoms with van der Waals surface area (Å²) in [5, 5.41) is 0. The Morgan fingerprint density at radius 2 is 2.00 bits per heavy atom. The summed E-state index contributed by atoms with van der Waals surface area (Å²) in [5.41, 5.74) is 0. The van der Waals surface area contributed by atoms with Gasteiger partial charge in [-0.1, -0.05) is 31.9 Å². The number of rotatable bonds is 2. The normalized spacial score (nSPS) is 19.9. The lowest BCUT2D eigenvalue weighted by Crippen LogP contribution is -2.44. The first-order chi connectivity index (χ1) is 5.49. The van der Waals surface area contributed by atoms with Crippen molar-refractivity contribution in [3.8, 4) is 0 Å². The minimum absolute atomic E-state index is 0.948. The molecule has 1 aliphatic rings. The third kappa shape index (κ3) is 3.23. The van der Waals surface area contributed by atoms with Gasteiger partial charge in [-0.05, 0) is 19.3 Å². The van der Waals surface area contributed by atoms with Gasteiger partial charge in [-0.15, -0.1) is 0 Å². The Balaban J connectivity index is 2.45. The lowest BCUT2D eigenvalue weighted by molar-refractivity contribution is 0.421. The summed E-state index contributed by atoms with van der Waals surface area (Å²) < 4.78 is 0. The molecule has 0 atom stereocenters. The van der Waals surface area contributed by atoms with Gasteiger partial charge in [0.15, 0.2) is 0 Å². The second-order valence-electron chi connectivity index (χ2n) is 4.83. The van der Waals surface area contributed by atoms with Crippen LogP contribution in [0.15, 0.2) is 0 Å². The quantitative estimate of drug-likeness (QED) is 0.499. The van der Waals surface area contributed by atoms with Crippen molar-refractivity contribution in [2.45, 2.75) is 38.9 Å². The molecule has 1 fully saturated rings. The monoisotopic (exact) mass is 201 g/mol. The summed E-state index contributed by atoms with van der Waals surface area (Å²) in [6.07, 6.45) is 5.05. The summed E-state index contributed by atoms with van der Waals surface area (Å²) >= 11 is 5.34. The fourth-order valence-corrected chi connectivity index (χ4v) is 3.51. The molecule has 1 saturated heterocycles. The van der Waals surface area contributed by atoms with Crippen molar-refractivity contribution in [2.75, 3.05) is 12.7 Å². The Bertz CT molecular complexity index is 174. The molecule has 0 bridgehead atoms. The summed E-state index contributed by atoms with van der Waals surface area (Å²) in [7, 11) is -0.948. The molecule has 1 aliphatic heterocycles. The maximum Gasteiger partial charge on any atom is 0.0776 e. The maximum absolute atomic E-state index is 5.34. The Kier molecular flexibility index (Phi) is 3.29. The van der Waals surface area contributed by atoms with E-state index in [1.807, 2.05) is 0 Å². The highest BCUT2D eigenvalue weighted by molar-refractivity contribution is 7.80. The van der Waals surface area contributed by atoms with Crippen molar-refractivity contribution in [2.24, 2.45) is 0 Å². The fourth-order valence-electron chi connectivity index (χ4n) is 1.60. The van der Waals surface area contributed by atoms with Gasteiger partial charge in [0.2, 0.25) is 0 Å². The number of likely N-dealkylation sites (tertiary alicyclic amines) is 1. The first-order valence-electron chi connectivity index (χ1n) is 4.77. The Morgan fingerprint density at radius 3 is 2.50 bits per heavy atom. The number of nitrogens with zero attached hydrogens (tertiary/aromatic N) is 1. The highest BCUT2D eigenvalue weighted by atomic mass is 32.1. The zero-order chi connectivity index (χ0) is 9.19. The number of hydrogen-bond donors (Lipinski definition) is 0. The molecule has 0 unspecified atom stereocenters. The van der Waals surface area contributed by atoms with Gasteiger partial charge >= 0.3 is 0 Å². The average molecular weight is 201 g/mol. The van der Waals surface area contributed by atoms with Crippen LogP contribution in [0.3, 0.4) is 0 Å². The van der Waals surface area contributed by atoms with E-state index in [1.54, 1.807) is 0 Å². The molecule has 0 radical (unpaired) electrons. The van der Waals surface area contributed by atoms with Gasteiger partial charge in [0.1, 0.15) is 0 Å². The fraction of sp³-hybridized carbons (Fsp3) is 0.889. The van der Waals surface area contributed by atoms with Crippen molar-refractivity contribution in [3.05, 3.63) is 0 Å². The van der Waals surface area contributed by atoms with E-state index in [2.05, 4.69) is 24.5 Å². The van der Waals surface area contributed by atoms with E-state index in [4.69, 9.17) is 12.2 Å². The van der Waals surface area contributed by atoms with Crippen LogP contribution in [-0.2, 0) is 0 Å². The second kappa shape index (κ2) is 3.88. The highest BCUT2D eigenvalue weighted by Gasteiger charge is 2.21. The van der Waals surface area contributed by atoms with E-state index in [1.165, 1.54) is 30.5 Å². The molecule has 70 valence electrons. The van der Waals surface area contributed by atoms with Crippen LogP contribution in [0.25, 0.3) is 0 Å². The van der Waals surface area contributed by atoms with Crippen molar-refractivity contribution < 1.29 is 0 Å². The summed E-state index contributed by atoms with van der Waals surface area (Å²) in [5.74, 6) is 0. The molecule has 0 aromatic heterocycles. The van der Waals surface area contributed by atoms with Gasteiger partial charge in [-0.2, -0.15) is 0 Å². The lowest BCUT2D eigenvalue weighted by Gasteiger charge is -2.34. The van der Waals surface area contributed by atoms with Crippen molar-refractivity contribution in [3.63, 3.8) is 0 Å². The molecule has 0 N–H and O–H groups in total. The van der Waals surface area contributed by atoms with E-state index in [0.29, 0.717) is 0 Å². The van der Waals surface area contributed by atoms with Crippen molar-refractivity contribution in [1.29, 1.82) is 0 Å². The molecule has 0 aliphatic carbocycles. The molecule has 1 nitrogen and oxygen atoms in total. The topological polar surface area (TPSA) is 3.24 Å². The largest absolute Gasteiger partial charge is 0.369 e. The molecule has 1 rings (SSSR count). The predicted octanol–water partition coefficient (Wildman–Crippen LogP) is 2.68. The molecular weight excluding hydrogens is 182 g/mol. The van der Waals surface area contributed by atoms with Crippen LogP contribution in [0.5, 0.6) is 0 Å². The van der Waals surface area contributed by atoms with E-state index in [-0.39, 0.29) is 0 Å². The first-order valence-corrected chi connectivity index (χ1v) is 8.88. The van der Waals surface area contributed by atoms with E-state index in [9.17, 15) is 0 Å². The van der Waals surface area contributed by atoms with Gasteiger partial charge < -0.3 is 4.90 Å². The van der Waals surface area contributed by atoms with Crippen LogP contribution in [0.4, 0.5) is 0 Å². The van der Waals surface area contributed by atoms with Gasteiger partial charge in [-0.3, -0.25) is 0 Å². The summed E-state index contributed by atoms with van der Waals surface area (Å²) in [6, 6.07) is 0. The zero-order valence-corrected chi connectivity index (χ0v) is 10.2. The molecule has 0 amide bonds. The molecule has 1 heterocycles. The molecule has 0 spiro atoms. The summed E-state index contributed by atoms with van der Waals surface area (Å²) in [6.45, 7) is 8.43. The Hall–Kier alpha value is 0.107. The first kappa shape index (κ1) is 10.2. The lowest BCUT2D eigenvalue weighted by atomic mass is 10.1. The van der Waals surface area contributed by atoms with Crippen molar-refractivity contribution in [1.82, 2.24) is 4.90 Å². The van der Waals surface area contributed by atoms with Gasteiger partial charge in [0.25, 0.3) is 0 Å². The zero-order valence-electron chi connectivity index (χ0n) is 8.39. The smallest absolute Gasteiger partial charge is 0.0776 e. The molecular formula is C9H19NSSi. The number of thiocarbonyl (C=S) groups is 1. The Labute approximate surface area is 82.2 Å². The molecule has 12 heavy (non-hydrogen) atoms. The molecule has 0 aromatic carbocycles. The predicted molar refractivity (Wildman–Crippen MR) is 61.4 cm³/mol. The van der Waals surface area contributed by atoms with Gasteiger partial charge in [0.05, 0.1) is 13.1 Å². The minimum atomic E-state index is -0.948.